The summed E-state index contributed by atoms with van der Waals surface area (Å²) < 4.78 is 0. The van der Waals surface area contributed by atoms with Crippen molar-refractivity contribution in [1.29, 1.82) is 0 Å². The van der Waals surface area contributed by atoms with Crippen molar-refractivity contribution < 1.29 is 4.79 Å². The minimum absolute atomic E-state index is 0.391. The van der Waals surface area contributed by atoms with Gasteiger partial charge in [-0.25, -0.2) is 0 Å². The van der Waals surface area contributed by atoms with Gasteiger partial charge in [0.1, 0.15) is 0 Å². The first-order valence-electron chi connectivity index (χ1n) is 11.9. The van der Waals surface area contributed by atoms with E-state index in [-0.39, 0.29) is 0 Å². The van der Waals surface area contributed by atoms with Crippen molar-refractivity contribution in [3.63, 3.8) is 0 Å². The Morgan fingerprint density at radius 2 is 1.72 bits per heavy atom. The molecule has 8 rings (SSSR count). The number of hydrogen-bond donors (Lipinski definition) is 1. The van der Waals surface area contributed by atoms with Crippen LogP contribution in [0.3, 0.4) is 0 Å². The van der Waals surface area contributed by atoms with E-state index in [1.54, 1.807) is 5.56 Å². The highest BCUT2D eigenvalue weighted by Gasteiger charge is 2.89. The second kappa shape index (κ2) is 4.77. The number of piperidine rings is 2. The monoisotopic (exact) mass is 390 g/mol. The van der Waals surface area contributed by atoms with Gasteiger partial charge in [-0.15, -0.1) is 0 Å². The molecule has 1 aromatic carbocycles. The Bertz CT molecular complexity index is 883. The molecule has 1 aliphatic heterocycles. The van der Waals surface area contributed by atoms with E-state index in [4.69, 9.17) is 5.73 Å². The molecule has 29 heavy (non-hydrogen) atoms. The van der Waals surface area contributed by atoms with Gasteiger partial charge >= 0.3 is 0 Å². The van der Waals surface area contributed by atoms with Crippen LogP contribution in [0, 0.1) is 27.6 Å². The first kappa shape index (κ1) is 17.3. The topological polar surface area (TPSA) is 46.3 Å². The molecule has 1 aromatic rings. The third kappa shape index (κ3) is 1.48. The Kier molecular flexibility index (Phi) is 2.85. The molecule has 9 atom stereocenters. The summed E-state index contributed by atoms with van der Waals surface area (Å²) in [7, 11) is 0. The molecule has 0 aromatic heterocycles. The fraction of sp³-hybridized carbons (Fsp3) is 0.731. The Morgan fingerprint density at radius 1 is 1.03 bits per heavy atom. The number of fused-ring (bicyclic) bond motifs is 1. The maximum Gasteiger partial charge on any atom is 0.210 e. The molecule has 3 nitrogen and oxygen atoms in total. The zero-order chi connectivity index (χ0) is 19.9. The van der Waals surface area contributed by atoms with E-state index in [1.807, 2.05) is 4.90 Å². The Labute approximate surface area is 174 Å². The summed E-state index contributed by atoms with van der Waals surface area (Å²) >= 11 is 0. The van der Waals surface area contributed by atoms with E-state index in [0.717, 1.165) is 18.7 Å². The molecule has 6 aliphatic carbocycles. The number of nitrogens with two attached hydrogens (primary N) is 1. The third-order valence-electron chi connectivity index (χ3n) is 11.8. The summed E-state index contributed by atoms with van der Waals surface area (Å²) in [6, 6.07) is 12.9. The molecule has 1 saturated heterocycles. The molecular formula is C26H34N2O. The first-order chi connectivity index (χ1) is 13.9. The van der Waals surface area contributed by atoms with Gasteiger partial charge in [0.25, 0.3) is 0 Å². The second-order valence-electron chi connectivity index (χ2n) is 12.4. The average Bonchev–Trinajstić information content (AvgIpc) is 3.08. The van der Waals surface area contributed by atoms with Gasteiger partial charge in [-0.05, 0) is 79.1 Å². The lowest BCUT2D eigenvalue weighted by Gasteiger charge is -2.84. The maximum absolute atomic E-state index is 10.6. The van der Waals surface area contributed by atoms with Crippen molar-refractivity contribution in [2.75, 3.05) is 0 Å². The smallest absolute Gasteiger partial charge is 0.210 e. The van der Waals surface area contributed by atoms with Crippen LogP contribution < -0.4 is 5.73 Å². The first-order valence-corrected chi connectivity index (χ1v) is 11.9. The summed E-state index contributed by atoms with van der Waals surface area (Å²) in [5.41, 5.74) is 10.6. The molecule has 8 unspecified atom stereocenters. The summed E-state index contributed by atoms with van der Waals surface area (Å²) in [5, 5.41) is 0. The van der Waals surface area contributed by atoms with Crippen molar-refractivity contribution in [2.45, 2.75) is 88.8 Å². The predicted molar refractivity (Wildman–Crippen MR) is 113 cm³/mol. The summed E-state index contributed by atoms with van der Waals surface area (Å²) in [5.74, 6) is 1.05. The summed E-state index contributed by atoms with van der Waals surface area (Å²) in [4.78, 5) is 12.5. The molecule has 0 radical (unpaired) electrons. The Hall–Kier alpha value is -1.35. The number of carbonyl (C=O) groups is 1. The fourth-order valence-electron chi connectivity index (χ4n) is 11.3. The molecule has 3 heteroatoms. The van der Waals surface area contributed by atoms with Crippen LogP contribution in [0.15, 0.2) is 30.3 Å². The summed E-state index contributed by atoms with van der Waals surface area (Å²) in [6.45, 7) is 5.20. The lowest BCUT2D eigenvalue weighted by molar-refractivity contribution is -0.308. The lowest BCUT2D eigenvalue weighted by atomic mass is 9.20. The highest BCUT2D eigenvalue weighted by Crippen LogP contribution is 2.95. The van der Waals surface area contributed by atoms with Crippen LogP contribution >= 0.6 is 0 Å². The van der Waals surface area contributed by atoms with Gasteiger partial charge in [0.15, 0.2) is 0 Å². The van der Waals surface area contributed by atoms with Crippen molar-refractivity contribution in [2.24, 2.45) is 33.3 Å². The average molecular weight is 391 g/mol. The molecule has 2 spiro atoms. The molecule has 7 aliphatic rings. The number of benzene rings is 1. The quantitative estimate of drug-likeness (QED) is 0.767. The molecule has 1 amide bonds. The molecule has 2 N–H and O–H groups in total. The largest absolute Gasteiger partial charge is 0.338 e. The zero-order valence-electron chi connectivity index (χ0n) is 17.9. The molecule has 154 valence electrons. The maximum atomic E-state index is 10.6. The van der Waals surface area contributed by atoms with E-state index in [9.17, 15) is 4.79 Å². The molecule has 1 heterocycles. The van der Waals surface area contributed by atoms with E-state index in [0.29, 0.717) is 45.2 Å². The van der Waals surface area contributed by atoms with E-state index in [2.05, 4.69) is 44.2 Å². The molecule has 2 bridgehead atoms. The van der Waals surface area contributed by atoms with Crippen LogP contribution in [0.25, 0.3) is 0 Å². The van der Waals surface area contributed by atoms with E-state index >= 15 is 0 Å². The number of amides is 1. The highest BCUT2D eigenvalue weighted by atomic mass is 16.1. The van der Waals surface area contributed by atoms with Crippen LogP contribution in [-0.4, -0.2) is 29.4 Å². The van der Waals surface area contributed by atoms with Gasteiger partial charge < -0.3 is 10.6 Å². The molecular weight excluding hydrogens is 356 g/mol. The zero-order valence-corrected chi connectivity index (χ0v) is 17.9. The minimum Gasteiger partial charge on any atom is -0.338 e. The Balaban J connectivity index is 0.000000119. The lowest BCUT2D eigenvalue weighted by Crippen LogP contribution is -2.88. The van der Waals surface area contributed by atoms with Gasteiger partial charge in [0, 0.05) is 29.0 Å². The van der Waals surface area contributed by atoms with Gasteiger partial charge in [0.05, 0.1) is 0 Å². The molecule has 7 fully saturated rings. The number of rotatable bonds is 2. The van der Waals surface area contributed by atoms with Crippen molar-refractivity contribution in [3.05, 3.63) is 35.9 Å². The SMILES string of the molecule is CC12CC3CC14C(c1ccccc1)(C2)C[C@@]4(C)C3.NC1CC2N(C=O)C3CCC132. The van der Waals surface area contributed by atoms with Crippen LogP contribution in [0.4, 0.5) is 0 Å². The highest BCUT2D eigenvalue weighted by molar-refractivity contribution is 5.56. The normalized spacial score (nSPS) is 58.5. The minimum atomic E-state index is 0.391. The van der Waals surface area contributed by atoms with Crippen molar-refractivity contribution in [1.82, 2.24) is 4.90 Å². The van der Waals surface area contributed by atoms with Crippen LogP contribution in [0.5, 0.6) is 0 Å². The van der Waals surface area contributed by atoms with Gasteiger partial charge in [-0.3, -0.25) is 4.79 Å². The standard InChI is InChI=1S/C18H22.C8H12N2O/c1-15-8-13-9-16(2)12-17(11-15,18(15,16)10-13)14-6-4-3-5-7-14;9-5-3-7-8(5)2-1-6(8)10(7)4-11/h3-7,13H,8-12H2,1-2H3;4-7H,1-3,9H2/t13?,15-,16?,17?,18?;/m1./s1. The van der Waals surface area contributed by atoms with E-state index < -0.39 is 0 Å². The van der Waals surface area contributed by atoms with Gasteiger partial charge in [0.2, 0.25) is 6.41 Å². The number of nitrogens with zero attached hydrogens (tertiary/aromatic N) is 1. The number of carbonyl (C=O) groups excluding carboxylic acids is 1. The number of likely N-dealkylation sites (tertiary alicyclic amines) is 1. The summed E-state index contributed by atoms with van der Waals surface area (Å²) in [6.07, 6.45) is 12.0. The number of hydrogen-bond acceptors (Lipinski definition) is 2. The second-order valence-corrected chi connectivity index (χ2v) is 12.4. The van der Waals surface area contributed by atoms with Crippen LogP contribution in [-0.2, 0) is 10.2 Å². The fourth-order valence-corrected chi connectivity index (χ4v) is 11.3. The Morgan fingerprint density at radius 3 is 2.21 bits per heavy atom. The van der Waals surface area contributed by atoms with Gasteiger partial charge in [-0.1, -0.05) is 44.2 Å². The third-order valence-corrected chi connectivity index (χ3v) is 11.8. The van der Waals surface area contributed by atoms with Crippen LogP contribution in [0.2, 0.25) is 0 Å². The van der Waals surface area contributed by atoms with Crippen LogP contribution in [0.1, 0.15) is 70.8 Å². The van der Waals surface area contributed by atoms with E-state index in [1.165, 1.54) is 44.9 Å². The van der Waals surface area contributed by atoms with Crippen molar-refractivity contribution in [3.8, 4) is 0 Å². The van der Waals surface area contributed by atoms with Gasteiger partial charge in [-0.2, -0.15) is 0 Å². The predicted octanol–water partition coefficient (Wildman–Crippen LogP) is 4.25. The van der Waals surface area contributed by atoms with Crippen molar-refractivity contribution >= 4 is 6.41 Å². The molecule has 6 saturated carbocycles.